The van der Waals surface area contributed by atoms with E-state index in [1.165, 1.54) is 6.20 Å². The summed E-state index contributed by atoms with van der Waals surface area (Å²) in [6.45, 7) is 0.502. The van der Waals surface area contributed by atoms with Crippen LogP contribution in [0.15, 0.2) is 36.5 Å². The third-order valence-corrected chi connectivity index (χ3v) is 2.99. The number of benzene rings is 1. The number of nitrogens with one attached hydrogen (secondary N) is 1. The van der Waals surface area contributed by atoms with Crippen LogP contribution in [0.1, 0.15) is 11.1 Å². The SMILES string of the molecule is COc1cccc(Cl)c1CNc1ccc(C#N)cn1. The van der Waals surface area contributed by atoms with Gasteiger partial charge < -0.3 is 10.1 Å². The Balaban J connectivity index is 2.12. The van der Waals surface area contributed by atoms with Gasteiger partial charge in [0, 0.05) is 23.3 Å². The first-order valence-electron chi connectivity index (χ1n) is 5.66. The van der Waals surface area contributed by atoms with Crippen LogP contribution < -0.4 is 10.1 Å². The zero-order valence-electron chi connectivity index (χ0n) is 10.4. The van der Waals surface area contributed by atoms with Gasteiger partial charge in [-0.3, -0.25) is 0 Å². The third kappa shape index (κ3) is 3.15. The lowest BCUT2D eigenvalue weighted by atomic mass is 10.2. The van der Waals surface area contributed by atoms with E-state index < -0.39 is 0 Å². The van der Waals surface area contributed by atoms with Crippen LogP contribution in [-0.2, 0) is 6.54 Å². The van der Waals surface area contributed by atoms with E-state index in [1.807, 2.05) is 24.3 Å². The van der Waals surface area contributed by atoms with Gasteiger partial charge in [-0.25, -0.2) is 4.98 Å². The molecule has 0 saturated carbocycles. The molecule has 0 fully saturated rings. The number of ether oxygens (including phenoxy) is 1. The van der Waals surface area contributed by atoms with Crippen molar-refractivity contribution in [2.75, 3.05) is 12.4 Å². The summed E-state index contributed by atoms with van der Waals surface area (Å²) in [4.78, 5) is 4.13. The third-order valence-electron chi connectivity index (χ3n) is 2.63. The molecular weight excluding hydrogens is 262 g/mol. The Morgan fingerprint density at radius 1 is 1.37 bits per heavy atom. The van der Waals surface area contributed by atoms with Crippen LogP contribution in [0, 0.1) is 11.3 Å². The van der Waals surface area contributed by atoms with Crippen LogP contribution in [-0.4, -0.2) is 12.1 Å². The van der Waals surface area contributed by atoms with Gasteiger partial charge in [0.15, 0.2) is 0 Å². The molecule has 0 spiro atoms. The molecule has 2 rings (SSSR count). The number of rotatable bonds is 4. The number of hydrogen-bond donors (Lipinski definition) is 1. The van der Waals surface area contributed by atoms with Crippen molar-refractivity contribution in [3.8, 4) is 11.8 Å². The lowest BCUT2D eigenvalue weighted by Gasteiger charge is -2.11. The summed E-state index contributed by atoms with van der Waals surface area (Å²) in [6.07, 6.45) is 1.52. The van der Waals surface area contributed by atoms with Crippen LogP contribution in [0.3, 0.4) is 0 Å². The first-order valence-corrected chi connectivity index (χ1v) is 6.04. The fourth-order valence-corrected chi connectivity index (χ4v) is 1.88. The van der Waals surface area contributed by atoms with Crippen LogP contribution >= 0.6 is 11.6 Å². The van der Waals surface area contributed by atoms with Gasteiger partial charge >= 0.3 is 0 Å². The number of anilines is 1. The molecule has 0 aliphatic heterocycles. The van der Waals surface area contributed by atoms with E-state index in [1.54, 1.807) is 19.2 Å². The van der Waals surface area contributed by atoms with Crippen molar-refractivity contribution in [3.05, 3.63) is 52.7 Å². The molecule has 0 unspecified atom stereocenters. The van der Waals surface area contributed by atoms with Gasteiger partial charge in [-0.15, -0.1) is 0 Å². The van der Waals surface area contributed by atoms with E-state index in [4.69, 9.17) is 21.6 Å². The van der Waals surface area contributed by atoms with Crippen LogP contribution in [0.2, 0.25) is 5.02 Å². The van der Waals surface area contributed by atoms with E-state index in [2.05, 4.69) is 10.3 Å². The molecule has 1 aromatic heterocycles. The van der Waals surface area contributed by atoms with E-state index >= 15 is 0 Å². The maximum Gasteiger partial charge on any atom is 0.126 e. The summed E-state index contributed by atoms with van der Waals surface area (Å²) in [6, 6.07) is 11.0. The standard InChI is InChI=1S/C14H12ClN3O/c1-19-13-4-2-3-12(15)11(13)9-18-14-6-5-10(7-16)8-17-14/h2-6,8H,9H2,1H3,(H,17,18). The van der Waals surface area contributed by atoms with Gasteiger partial charge in [0.25, 0.3) is 0 Å². The molecule has 19 heavy (non-hydrogen) atoms. The van der Waals surface area contributed by atoms with E-state index in [0.717, 1.165) is 11.3 Å². The van der Waals surface area contributed by atoms with Crippen molar-refractivity contribution < 1.29 is 4.74 Å². The number of halogens is 1. The Labute approximate surface area is 116 Å². The lowest BCUT2D eigenvalue weighted by Crippen LogP contribution is -2.03. The predicted molar refractivity (Wildman–Crippen MR) is 74.3 cm³/mol. The van der Waals surface area contributed by atoms with Crippen LogP contribution in [0.25, 0.3) is 0 Å². The average Bonchev–Trinajstić information content (AvgIpc) is 2.46. The van der Waals surface area contributed by atoms with Gasteiger partial charge in [-0.2, -0.15) is 5.26 Å². The fourth-order valence-electron chi connectivity index (χ4n) is 1.65. The molecule has 0 atom stereocenters. The monoisotopic (exact) mass is 273 g/mol. The maximum absolute atomic E-state index is 8.70. The Bertz CT molecular complexity index is 605. The smallest absolute Gasteiger partial charge is 0.126 e. The summed E-state index contributed by atoms with van der Waals surface area (Å²) in [7, 11) is 1.61. The Morgan fingerprint density at radius 3 is 2.84 bits per heavy atom. The minimum atomic E-state index is 0.502. The molecule has 0 saturated heterocycles. The molecule has 0 aliphatic carbocycles. The summed E-state index contributed by atoms with van der Waals surface area (Å²) >= 11 is 6.14. The molecule has 1 heterocycles. The first-order chi connectivity index (χ1) is 9.24. The Kier molecular flexibility index (Phi) is 4.22. The van der Waals surface area contributed by atoms with Crippen LogP contribution in [0.5, 0.6) is 5.75 Å². The van der Waals surface area contributed by atoms with Crippen molar-refractivity contribution in [1.29, 1.82) is 5.26 Å². The number of aromatic nitrogens is 1. The predicted octanol–water partition coefficient (Wildman–Crippen LogP) is 3.23. The zero-order valence-corrected chi connectivity index (χ0v) is 11.1. The molecule has 4 nitrogen and oxygen atoms in total. The Hall–Kier alpha value is -2.25. The van der Waals surface area contributed by atoms with Crippen molar-refractivity contribution >= 4 is 17.4 Å². The molecule has 0 aliphatic rings. The summed E-state index contributed by atoms with van der Waals surface area (Å²) in [5.41, 5.74) is 1.40. The average molecular weight is 274 g/mol. The van der Waals surface area contributed by atoms with Gasteiger partial charge in [0.05, 0.1) is 12.7 Å². The summed E-state index contributed by atoms with van der Waals surface area (Å²) in [5, 5.41) is 12.5. The second kappa shape index (κ2) is 6.07. The van der Waals surface area contributed by atoms with Gasteiger partial charge in [-0.1, -0.05) is 17.7 Å². The zero-order chi connectivity index (χ0) is 13.7. The number of nitrogens with zero attached hydrogens (tertiary/aromatic N) is 2. The molecule has 96 valence electrons. The number of hydrogen-bond acceptors (Lipinski definition) is 4. The molecule has 2 aromatic rings. The second-order valence-corrected chi connectivity index (χ2v) is 4.23. The highest BCUT2D eigenvalue weighted by atomic mass is 35.5. The number of pyridine rings is 1. The molecule has 0 bridgehead atoms. The van der Waals surface area contributed by atoms with Gasteiger partial charge in [0.2, 0.25) is 0 Å². The quantitative estimate of drug-likeness (QED) is 0.929. The van der Waals surface area contributed by atoms with Crippen molar-refractivity contribution in [2.45, 2.75) is 6.54 Å². The largest absolute Gasteiger partial charge is 0.496 e. The highest BCUT2D eigenvalue weighted by Gasteiger charge is 2.07. The molecular formula is C14H12ClN3O. The minimum absolute atomic E-state index is 0.502. The van der Waals surface area contributed by atoms with Crippen LogP contribution in [0.4, 0.5) is 5.82 Å². The second-order valence-electron chi connectivity index (χ2n) is 3.82. The Morgan fingerprint density at radius 2 is 2.21 bits per heavy atom. The molecule has 0 radical (unpaired) electrons. The van der Waals surface area contributed by atoms with Crippen molar-refractivity contribution in [1.82, 2.24) is 4.98 Å². The number of nitriles is 1. The lowest BCUT2D eigenvalue weighted by molar-refractivity contribution is 0.410. The first kappa shape index (κ1) is 13.2. The van der Waals surface area contributed by atoms with E-state index in [-0.39, 0.29) is 0 Å². The van der Waals surface area contributed by atoms with Crippen molar-refractivity contribution in [2.24, 2.45) is 0 Å². The molecule has 5 heteroatoms. The van der Waals surface area contributed by atoms with E-state index in [0.29, 0.717) is 22.9 Å². The molecule has 0 amide bonds. The number of methoxy groups -OCH3 is 1. The summed E-state index contributed by atoms with van der Waals surface area (Å²) < 4.78 is 5.26. The normalized spacial score (nSPS) is 9.74. The fraction of sp³-hybridized carbons (Fsp3) is 0.143. The molecule has 1 aromatic carbocycles. The van der Waals surface area contributed by atoms with Crippen molar-refractivity contribution in [3.63, 3.8) is 0 Å². The topological polar surface area (TPSA) is 57.9 Å². The summed E-state index contributed by atoms with van der Waals surface area (Å²) in [5.74, 6) is 1.41. The highest BCUT2D eigenvalue weighted by Crippen LogP contribution is 2.26. The minimum Gasteiger partial charge on any atom is -0.496 e. The van der Waals surface area contributed by atoms with Gasteiger partial charge in [-0.05, 0) is 24.3 Å². The maximum atomic E-state index is 8.70. The highest BCUT2D eigenvalue weighted by molar-refractivity contribution is 6.31. The van der Waals surface area contributed by atoms with Gasteiger partial charge in [0.1, 0.15) is 17.6 Å². The molecule has 1 N–H and O–H groups in total. The van der Waals surface area contributed by atoms with E-state index in [9.17, 15) is 0 Å².